The van der Waals surface area contributed by atoms with E-state index >= 15 is 0 Å². The maximum atomic E-state index is 4.57. The predicted octanol–water partition coefficient (Wildman–Crippen LogP) is 4.14. The van der Waals surface area contributed by atoms with E-state index in [2.05, 4.69) is 35.0 Å². The number of rotatable bonds is 2. The highest BCUT2D eigenvalue weighted by molar-refractivity contribution is 5.93. The van der Waals surface area contributed by atoms with Crippen LogP contribution in [0.2, 0.25) is 0 Å². The summed E-state index contributed by atoms with van der Waals surface area (Å²) in [6.45, 7) is 5.88. The van der Waals surface area contributed by atoms with Crippen LogP contribution in [0.5, 0.6) is 0 Å². The van der Waals surface area contributed by atoms with Crippen molar-refractivity contribution in [2.24, 2.45) is 4.99 Å². The number of fused-ring (bicyclic) bond motifs is 1. The van der Waals surface area contributed by atoms with Crippen LogP contribution in [-0.2, 0) is 6.42 Å². The molecule has 0 unspecified atom stereocenters. The van der Waals surface area contributed by atoms with Gasteiger partial charge >= 0.3 is 0 Å². The van der Waals surface area contributed by atoms with E-state index in [0.717, 1.165) is 24.9 Å². The molecule has 0 aliphatic carbocycles. The molecule has 84 valence electrons. The summed E-state index contributed by atoms with van der Waals surface area (Å²) in [7, 11) is 0. The Morgan fingerprint density at radius 3 is 2.69 bits per heavy atom. The fourth-order valence-corrected chi connectivity index (χ4v) is 1.68. The lowest BCUT2D eigenvalue weighted by Crippen LogP contribution is -1.96. The second-order valence-electron chi connectivity index (χ2n) is 3.41. The standard InChI is InChI=1S/C13H13N.C2H6/c1-2-3-4-8-12-10-11-7-5-6-9-13(11)14-12;1-2/h5-7,9H,4,8,10H2,1H3;1-2H3. The zero-order chi connectivity index (χ0) is 11.8. The van der Waals surface area contributed by atoms with Crippen LogP contribution >= 0.6 is 0 Å². The Labute approximate surface area is 98.6 Å². The molecule has 0 spiro atoms. The number of hydrogen-bond acceptors (Lipinski definition) is 1. The SMILES string of the molecule is CC.CC#CCCC1=Nc2ccccc2C1. The minimum Gasteiger partial charge on any atom is -0.257 e. The minimum atomic E-state index is 0.934. The Balaban J connectivity index is 0.000000606. The highest BCUT2D eigenvalue weighted by atomic mass is 14.8. The van der Waals surface area contributed by atoms with E-state index in [0.29, 0.717) is 0 Å². The Kier molecular flexibility index (Phi) is 5.36. The molecule has 1 aromatic carbocycles. The van der Waals surface area contributed by atoms with Gasteiger partial charge in [-0.15, -0.1) is 11.8 Å². The molecule has 1 aliphatic rings. The molecule has 1 heterocycles. The molecule has 0 saturated heterocycles. The summed E-state index contributed by atoms with van der Waals surface area (Å²) in [5.41, 5.74) is 3.77. The van der Waals surface area contributed by atoms with Gasteiger partial charge < -0.3 is 0 Å². The van der Waals surface area contributed by atoms with Crippen LogP contribution in [0.1, 0.15) is 39.2 Å². The molecule has 1 heteroatoms. The molecule has 1 aromatic rings. The summed E-state index contributed by atoms with van der Waals surface area (Å²) in [6.07, 6.45) is 2.96. The van der Waals surface area contributed by atoms with E-state index in [1.807, 2.05) is 26.8 Å². The largest absolute Gasteiger partial charge is 0.257 e. The van der Waals surface area contributed by atoms with E-state index in [1.165, 1.54) is 11.3 Å². The van der Waals surface area contributed by atoms with Gasteiger partial charge in [0.1, 0.15) is 0 Å². The van der Waals surface area contributed by atoms with Crippen molar-refractivity contribution in [1.82, 2.24) is 0 Å². The lowest BCUT2D eigenvalue weighted by atomic mass is 10.1. The van der Waals surface area contributed by atoms with Gasteiger partial charge in [0.2, 0.25) is 0 Å². The lowest BCUT2D eigenvalue weighted by molar-refractivity contribution is 1.11. The number of hydrogen-bond donors (Lipinski definition) is 0. The molecule has 0 saturated carbocycles. The first-order chi connectivity index (χ1) is 7.90. The first-order valence-corrected chi connectivity index (χ1v) is 5.94. The summed E-state index contributed by atoms with van der Waals surface area (Å²) < 4.78 is 0. The summed E-state index contributed by atoms with van der Waals surface area (Å²) in [5, 5.41) is 0. The second-order valence-corrected chi connectivity index (χ2v) is 3.41. The molecule has 0 amide bonds. The first-order valence-electron chi connectivity index (χ1n) is 5.94. The van der Waals surface area contributed by atoms with Crippen molar-refractivity contribution < 1.29 is 0 Å². The molecule has 0 bridgehead atoms. The van der Waals surface area contributed by atoms with Gasteiger partial charge in [0.15, 0.2) is 0 Å². The van der Waals surface area contributed by atoms with E-state index in [-0.39, 0.29) is 0 Å². The van der Waals surface area contributed by atoms with Gasteiger partial charge in [0.25, 0.3) is 0 Å². The monoisotopic (exact) mass is 213 g/mol. The molecule has 1 aliphatic heterocycles. The molecule has 0 atom stereocenters. The van der Waals surface area contributed by atoms with Crippen molar-refractivity contribution in [3.8, 4) is 11.8 Å². The topological polar surface area (TPSA) is 12.4 Å². The number of para-hydroxylation sites is 1. The average molecular weight is 213 g/mol. The van der Waals surface area contributed by atoms with E-state index in [1.54, 1.807) is 0 Å². The van der Waals surface area contributed by atoms with Crippen molar-refractivity contribution in [1.29, 1.82) is 0 Å². The predicted molar refractivity (Wildman–Crippen MR) is 71.3 cm³/mol. The zero-order valence-corrected chi connectivity index (χ0v) is 10.4. The molecule has 0 aromatic heterocycles. The molecular weight excluding hydrogens is 194 g/mol. The Hall–Kier alpha value is -1.55. The maximum Gasteiger partial charge on any atom is 0.0664 e. The van der Waals surface area contributed by atoms with Crippen molar-refractivity contribution in [2.45, 2.75) is 40.0 Å². The number of benzene rings is 1. The van der Waals surface area contributed by atoms with Crippen molar-refractivity contribution in [3.63, 3.8) is 0 Å². The van der Waals surface area contributed by atoms with Gasteiger partial charge in [-0.25, -0.2) is 0 Å². The van der Waals surface area contributed by atoms with Crippen LogP contribution < -0.4 is 0 Å². The maximum absolute atomic E-state index is 4.57. The Morgan fingerprint density at radius 1 is 1.25 bits per heavy atom. The van der Waals surface area contributed by atoms with Gasteiger partial charge in [-0.2, -0.15) is 0 Å². The fourth-order valence-electron chi connectivity index (χ4n) is 1.68. The van der Waals surface area contributed by atoms with Crippen LogP contribution in [0.3, 0.4) is 0 Å². The highest BCUT2D eigenvalue weighted by Crippen LogP contribution is 2.26. The van der Waals surface area contributed by atoms with Gasteiger partial charge in [-0.05, 0) is 25.0 Å². The van der Waals surface area contributed by atoms with Crippen LogP contribution in [0.15, 0.2) is 29.3 Å². The molecular formula is C15H19N. The smallest absolute Gasteiger partial charge is 0.0664 e. The van der Waals surface area contributed by atoms with Crippen LogP contribution in [0.25, 0.3) is 0 Å². The number of nitrogens with zero attached hydrogens (tertiary/aromatic N) is 1. The summed E-state index contributed by atoms with van der Waals surface area (Å²) in [5.74, 6) is 5.98. The molecule has 16 heavy (non-hydrogen) atoms. The van der Waals surface area contributed by atoms with Crippen molar-refractivity contribution >= 4 is 11.4 Å². The molecule has 2 rings (SSSR count). The number of aliphatic imine (C=N–C) groups is 1. The Morgan fingerprint density at radius 2 is 2.00 bits per heavy atom. The van der Waals surface area contributed by atoms with Crippen molar-refractivity contribution in [2.75, 3.05) is 0 Å². The molecule has 0 N–H and O–H groups in total. The normalized spacial score (nSPS) is 11.6. The van der Waals surface area contributed by atoms with Gasteiger partial charge in [-0.3, -0.25) is 4.99 Å². The van der Waals surface area contributed by atoms with E-state index < -0.39 is 0 Å². The fraction of sp³-hybridized carbons (Fsp3) is 0.400. The second kappa shape index (κ2) is 6.85. The van der Waals surface area contributed by atoms with Gasteiger partial charge in [0.05, 0.1) is 5.69 Å². The van der Waals surface area contributed by atoms with Gasteiger partial charge in [0, 0.05) is 18.6 Å². The highest BCUT2D eigenvalue weighted by Gasteiger charge is 2.12. The molecule has 0 fully saturated rings. The van der Waals surface area contributed by atoms with Crippen LogP contribution in [0, 0.1) is 11.8 Å². The van der Waals surface area contributed by atoms with E-state index in [4.69, 9.17) is 0 Å². The average Bonchev–Trinajstić information content (AvgIpc) is 2.74. The zero-order valence-electron chi connectivity index (χ0n) is 10.4. The third-order valence-corrected chi connectivity index (χ3v) is 2.38. The quantitative estimate of drug-likeness (QED) is 0.654. The lowest BCUT2D eigenvalue weighted by Gasteiger charge is -1.94. The molecule has 0 radical (unpaired) electrons. The summed E-state index contributed by atoms with van der Waals surface area (Å²) >= 11 is 0. The van der Waals surface area contributed by atoms with Crippen molar-refractivity contribution in [3.05, 3.63) is 29.8 Å². The van der Waals surface area contributed by atoms with E-state index in [9.17, 15) is 0 Å². The van der Waals surface area contributed by atoms with Crippen LogP contribution in [-0.4, -0.2) is 5.71 Å². The Bertz CT molecular complexity index is 419. The third-order valence-electron chi connectivity index (χ3n) is 2.38. The van der Waals surface area contributed by atoms with Crippen LogP contribution in [0.4, 0.5) is 5.69 Å². The first kappa shape index (κ1) is 12.5. The minimum absolute atomic E-state index is 0.934. The third kappa shape index (κ3) is 3.24. The summed E-state index contributed by atoms with van der Waals surface area (Å²) in [4.78, 5) is 4.57. The summed E-state index contributed by atoms with van der Waals surface area (Å²) in [6, 6.07) is 8.34. The van der Waals surface area contributed by atoms with Gasteiger partial charge in [-0.1, -0.05) is 32.0 Å². The molecule has 1 nitrogen and oxygen atoms in total.